The van der Waals surface area contributed by atoms with Gasteiger partial charge in [-0.15, -0.1) is 0 Å². The maximum Gasteiger partial charge on any atom is 0.409 e. The minimum atomic E-state index is -1.05. The first-order chi connectivity index (χ1) is 25.1. The maximum atomic E-state index is 13.8. The first-order valence-electron chi connectivity index (χ1n) is 18.4. The summed E-state index contributed by atoms with van der Waals surface area (Å²) in [7, 11) is 1.26. The quantitative estimate of drug-likeness (QED) is 0.220. The standard InChI is InChI=1S/C38H51N5O9/c1-4-5-20-51-38(49)42-18-16-41(17-19-42)37(48)30(13-14-34(45)50-3)40-35(46)27-22-26-21-25(2)11-12-29(26)32(23-27)52-24-33(44)43-15-7-10-31(43)36(47)39-28-8-6-9-28/h11-12,21-23,28,30-31H,4-10,13-20,24H2,1-3H3,(H,39,47)(H,40,46). The number of carbonyl (C=O) groups excluding carboxylic acids is 6. The Bertz CT molecular complexity index is 1640. The van der Waals surface area contributed by atoms with E-state index in [2.05, 4.69) is 10.6 Å². The second-order valence-electron chi connectivity index (χ2n) is 13.8. The Morgan fingerprint density at radius 1 is 0.923 bits per heavy atom. The highest BCUT2D eigenvalue weighted by Gasteiger charge is 2.36. The Morgan fingerprint density at radius 2 is 1.67 bits per heavy atom. The number of likely N-dealkylation sites (tertiary alicyclic amines) is 1. The molecule has 0 spiro atoms. The van der Waals surface area contributed by atoms with Crippen LogP contribution >= 0.6 is 0 Å². The van der Waals surface area contributed by atoms with Crippen LogP contribution in [0.1, 0.15) is 80.6 Å². The van der Waals surface area contributed by atoms with E-state index < -0.39 is 30.1 Å². The Kier molecular flexibility index (Phi) is 13.3. The number of rotatable bonds is 14. The third kappa shape index (κ3) is 9.71. The highest BCUT2D eigenvalue weighted by Crippen LogP contribution is 2.30. The van der Waals surface area contributed by atoms with Crippen molar-refractivity contribution in [1.29, 1.82) is 0 Å². The molecule has 0 bridgehead atoms. The molecule has 282 valence electrons. The molecule has 2 aromatic rings. The molecule has 14 heteroatoms. The summed E-state index contributed by atoms with van der Waals surface area (Å²) in [5, 5.41) is 7.27. The van der Waals surface area contributed by atoms with Gasteiger partial charge in [0.15, 0.2) is 6.61 Å². The molecule has 2 saturated heterocycles. The fourth-order valence-corrected chi connectivity index (χ4v) is 6.70. The zero-order chi connectivity index (χ0) is 37.2. The first kappa shape index (κ1) is 38.4. The summed E-state index contributed by atoms with van der Waals surface area (Å²) < 4.78 is 16.2. The number of hydrogen-bond donors (Lipinski definition) is 2. The van der Waals surface area contributed by atoms with Gasteiger partial charge in [0.05, 0.1) is 13.7 Å². The molecular formula is C38H51N5O9. The van der Waals surface area contributed by atoms with Crippen LogP contribution in [0.3, 0.4) is 0 Å². The molecular weight excluding hydrogens is 670 g/mol. The van der Waals surface area contributed by atoms with Crippen LogP contribution in [0, 0.1) is 6.92 Å². The minimum absolute atomic E-state index is 0.00634. The molecule has 2 heterocycles. The number of nitrogens with zero attached hydrogens (tertiary/aromatic N) is 3. The predicted octanol–water partition coefficient (Wildman–Crippen LogP) is 3.32. The number of carbonyl (C=O) groups is 6. The van der Waals surface area contributed by atoms with Crippen LogP contribution in [0.4, 0.5) is 4.79 Å². The smallest absolute Gasteiger partial charge is 0.409 e. The molecule has 1 aliphatic carbocycles. The highest BCUT2D eigenvalue weighted by atomic mass is 16.6. The lowest BCUT2D eigenvalue weighted by Crippen LogP contribution is -2.56. The third-order valence-corrected chi connectivity index (χ3v) is 10.1. The van der Waals surface area contributed by atoms with Crippen LogP contribution < -0.4 is 15.4 Å². The molecule has 2 unspecified atom stereocenters. The molecule has 5 rings (SSSR count). The van der Waals surface area contributed by atoms with E-state index in [-0.39, 0.29) is 75.0 Å². The van der Waals surface area contributed by atoms with Gasteiger partial charge in [-0.2, -0.15) is 0 Å². The average Bonchev–Trinajstić information content (AvgIpc) is 3.63. The maximum absolute atomic E-state index is 13.8. The lowest BCUT2D eigenvalue weighted by Gasteiger charge is -2.36. The summed E-state index contributed by atoms with van der Waals surface area (Å²) in [5.74, 6) is -1.59. The number of methoxy groups -OCH3 is 1. The molecule has 0 aromatic heterocycles. The van der Waals surface area contributed by atoms with E-state index in [9.17, 15) is 28.8 Å². The number of ether oxygens (including phenoxy) is 3. The van der Waals surface area contributed by atoms with Gasteiger partial charge in [0.2, 0.25) is 11.8 Å². The topological polar surface area (TPSA) is 164 Å². The van der Waals surface area contributed by atoms with Gasteiger partial charge in [-0.05, 0) is 69.4 Å². The van der Waals surface area contributed by atoms with Gasteiger partial charge in [0.1, 0.15) is 17.8 Å². The molecule has 1 saturated carbocycles. The van der Waals surface area contributed by atoms with Crippen molar-refractivity contribution >= 4 is 46.5 Å². The summed E-state index contributed by atoms with van der Waals surface area (Å²) in [5.41, 5.74) is 1.15. The summed E-state index contributed by atoms with van der Waals surface area (Å²) in [6.45, 7) is 5.46. The van der Waals surface area contributed by atoms with E-state index in [1.165, 1.54) is 13.2 Å². The largest absolute Gasteiger partial charge is 0.483 e. The first-order valence-corrected chi connectivity index (χ1v) is 18.4. The van der Waals surface area contributed by atoms with E-state index in [0.29, 0.717) is 36.1 Å². The number of benzene rings is 2. The monoisotopic (exact) mass is 721 g/mol. The predicted molar refractivity (Wildman–Crippen MR) is 192 cm³/mol. The third-order valence-electron chi connectivity index (χ3n) is 10.1. The van der Waals surface area contributed by atoms with Gasteiger partial charge < -0.3 is 39.5 Å². The molecule has 52 heavy (non-hydrogen) atoms. The van der Waals surface area contributed by atoms with Crippen molar-refractivity contribution in [3.63, 3.8) is 0 Å². The average molecular weight is 722 g/mol. The van der Waals surface area contributed by atoms with Crippen LogP contribution in [0.2, 0.25) is 0 Å². The van der Waals surface area contributed by atoms with Crippen molar-refractivity contribution in [3.05, 3.63) is 41.5 Å². The van der Waals surface area contributed by atoms with Crippen molar-refractivity contribution in [2.24, 2.45) is 0 Å². The van der Waals surface area contributed by atoms with Crippen molar-refractivity contribution in [2.45, 2.75) is 89.8 Å². The van der Waals surface area contributed by atoms with Gasteiger partial charge >= 0.3 is 12.1 Å². The number of esters is 1. The lowest BCUT2D eigenvalue weighted by molar-refractivity contribution is -0.141. The zero-order valence-corrected chi connectivity index (χ0v) is 30.4. The van der Waals surface area contributed by atoms with Gasteiger partial charge in [0.25, 0.3) is 11.8 Å². The van der Waals surface area contributed by atoms with Crippen LogP contribution in [0.15, 0.2) is 30.3 Å². The second-order valence-corrected chi connectivity index (χ2v) is 13.8. The molecule has 2 N–H and O–H groups in total. The number of amides is 5. The summed E-state index contributed by atoms with van der Waals surface area (Å²) in [4.78, 5) is 83.1. The molecule has 0 radical (unpaired) electrons. The highest BCUT2D eigenvalue weighted by molar-refractivity contribution is 6.03. The number of nitrogens with one attached hydrogen (secondary N) is 2. The zero-order valence-electron chi connectivity index (χ0n) is 30.4. The van der Waals surface area contributed by atoms with Crippen LogP contribution in [-0.2, 0) is 28.7 Å². The number of fused-ring (bicyclic) bond motifs is 1. The molecule has 2 atom stereocenters. The van der Waals surface area contributed by atoms with E-state index in [1.54, 1.807) is 20.8 Å². The number of piperazine rings is 1. The van der Waals surface area contributed by atoms with Crippen LogP contribution in [-0.4, -0.2) is 122 Å². The Labute approximate surface area is 304 Å². The summed E-state index contributed by atoms with van der Waals surface area (Å²) in [6, 6.07) is 7.49. The number of aryl methyl sites for hydroxylation is 1. The lowest BCUT2D eigenvalue weighted by atomic mass is 9.93. The van der Waals surface area contributed by atoms with E-state index in [4.69, 9.17) is 14.2 Å². The molecule has 2 aliphatic heterocycles. The molecule has 3 aliphatic rings. The van der Waals surface area contributed by atoms with Crippen LogP contribution in [0.25, 0.3) is 10.8 Å². The van der Waals surface area contributed by atoms with Gasteiger partial charge in [-0.1, -0.05) is 37.1 Å². The van der Waals surface area contributed by atoms with E-state index >= 15 is 0 Å². The van der Waals surface area contributed by atoms with Crippen molar-refractivity contribution in [3.8, 4) is 5.75 Å². The minimum Gasteiger partial charge on any atom is -0.483 e. The second kappa shape index (κ2) is 18.1. The van der Waals surface area contributed by atoms with Crippen molar-refractivity contribution in [2.75, 3.05) is 53.0 Å². The SMILES string of the molecule is CCCCOC(=O)N1CCN(C(=O)C(CCC(=O)OC)NC(=O)c2cc(OCC(=O)N3CCCC3C(=O)NC3CCC3)c3ccc(C)cc3c2)CC1. The number of unbranched alkanes of at least 4 members (excludes halogenated alkanes) is 1. The fourth-order valence-electron chi connectivity index (χ4n) is 6.70. The normalized spacial score (nSPS) is 18.0. The van der Waals surface area contributed by atoms with Gasteiger partial charge in [-0.25, -0.2) is 4.79 Å². The van der Waals surface area contributed by atoms with Crippen LogP contribution in [0.5, 0.6) is 5.75 Å². The van der Waals surface area contributed by atoms with Crippen molar-refractivity contribution < 1.29 is 43.0 Å². The van der Waals surface area contributed by atoms with Gasteiger partial charge in [-0.3, -0.25) is 24.0 Å². The van der Waals surface area contributed by atoms with E-state index in [0.717, 1.165) is 44.1 Å². The molecule has 5 amide bonds. The summed E-state index contributed by atoms with van der Waals surface area (Å²) >= 11 is 0. The Hall–Kier alpha value is -4.88. The molecule has 3 fully saturated rings. The number of hydrogen-bond acceptors (Lipinski definition) is 9. The summed E-state index contributed by atoms with van der Waals surface area (Å²) in [6.07, 6.45) is 5.50. The Balaban J connectivity index is 1.28. The Morgan fingerprint density at radius 3 is 2.37 bits per heavy atom. The fraction of sp³-hybridized carbons (Fsp3) is 0.579. The van der Waals surface area contributed by atoms with Crippen molar-refractivity contribution in [1.82, 2.24) is 25.3 Å². The van der Waals surface area contributed by atoms with Gasteiger partial charge in [0, 0.05) is 56.1 Å². The van der Waals surface area contributed by atoms with E-state index in [1.807, 2.05) is 32.0 Å². The molecule has 14 nitrogen and oxygen atoms in total. The molecule has 2 aromatic carbocycles.